The molecule has 0 saturated heterocycles. The van der Waals surface area contributed by atoms with Crippen LogP contribution in [0.3, 0.4) is 0 Å². The Morgan fingerprint density at radius 3 is 1.90 bits per heavy atom. The number of aromatic nitrogens is 2. The Balaban J connectivity index is 1.91. The Morgan fingerprint density at radius 2 is 1.30 bits per heavy atom. The fourth-order valence-corrected chi connectivity index (χ4v) is 4.64. The van der Waals surface area contributed by atoms with E-state index >= 15 is 0 Å². The fourth-order valence-electron chi connectivity index (χ4n) is 4.64. The minimum atomic E-state index is -1.10. The van der Waals surface area contributed by atoms with E-state index in [0.717, 1.165) is 0 Å². The van der Waals surface area contributed by atoms with E-state index in [1.165, 1.54) is 19.4 Å². The predicted molar refractivity (Wildman–Crippen MR) is 176 cm³/mol. The number of aromatic amines is 1. The lowest BCUT2D eigenvalue weighted by molar-refractivity contribution is -0.144. The molecule has 0 bridgehead atoms. The molecule has 0 aromatic carbocycles. The van der Waals surface area contributed by atoms with Crippen molar-refractivity contribution < 1.29 is 62.7 Å². The minimum Gasteiger partial charge on any atom is -0.481 e. The van der Waals surface area contributed by atoms with E-state index in [9.17, 15) is 38.7 Å². The zero-order valence-electron chi connectivity index (χ0n) is 28.8. The number of carboxylic acids is 2. The molecule has 17 heteroatoms. The maximum atomic E-state index is 12.1. The minimum absolute atomic E-state index is 0.00702. The highest BCUT2D eigenvalue weighted by Gasteiger charge is 2.22. The van der Waals surface area contributed by atoms with Crippen molar-refractivity contribution in [1.29, 1.82) is 0 Å². The number of unbranched alkanes of at least 4 members (excludes halogenated alkanes) is 2. The number of carbonyl (C=O) groups excluding carboxylic acids is 5. The first-order chi connectivity index (χ1) is 24.0. The van der Waals surface area contributed by atoms with Gasteiger partial charge in [0.25, 0.3) is 0 Å². The standard InChI is InChI=1S/C33H52N4O13/c1-24(38)17-26(33(45)46)7-8-30(41)35-9-11-47-14-16-50-22-31(42)36-10-12-48-13-15-49-21-28(39)6-4-2-3-5-25(32(43)44)18-29(40)19-27-20-34-23-37-27/h20,23,25-26H,2-19,21-22H2,1H3,(H,34,37)(H,35,41)(H,36,42)(H,43,44)(H,45,46)/t25-,26-/m1/s1. The van der Waals surface area contributed by atoms with E-state index in [1.54, 1.807) is 0 Å². The molecule has 5 N–H and O–H groups in total. The molecule has 0 unspecified atom stereocenters. The highest BCUT2D eigenvalue weighted by molar-refractivity contribution is 5.85. The van der Waals surface area contributed by atoms with Crippen LogP contribution in [0.15, 0.2) is 12.5 Å². The summed E-state index contributed by atoms with van der Waals surface area (Å²) in [6.45, 7) is 2.88. The van der Waals surface area contributed by atoms with Crippen LogP contribution < -0.4 is 10.6 Å². The van der Waals surface area contributed by atoms with Crippen LogP contribution >= 0.6 is 0 Å². The van der Waals surface area contributed by atoms with Crippen molar-refractivity contribution in [1.82, 2.24) is 20.6 Å². The highest BCUT2D eigenvalue weighted by Crippen LogP contribution is 2.17. The molecule has 1 rings (SSSR count). The molecule has 282 valence electrons. The summed E-state index contributed by atoms with van der Waals surface area (Å²) in [4.78, 5) is 88.2. The molecule has 2 atom stereocenters. The number of nitrogens with zero attached hydrogens (tertiary/aromatic N) is 1. The maximum Gasteiger partial charge on any atom is 0.306 e. The largest absolute Gasteiger partial charge is 0.481 e. The Hall–Kier alpha value is -4.06. The first-order valence-corrected chi connectivity index (χ1v) is 16.8. The molecule has 0 fully saturated rings. The Labute approximate surface area is 291 Å². The molecule has 1 aromatic heterocycles. The Morgan fingerprint density at radius 1 is 0.700 bits per heavy atom. The van der Waals surface area contributed by atoms with E-state index in [1.807, 2.05) is 0 Å². The molecule has 17 nitrogen and oxygen atoms in total. The zero-order chi connectivity index (χ0) is 37.0. The first-order valence-electron chi connectivity index (χ1n) is 16.8. The van der Waals surface area contributed by atoms with Gasteiger partial charge in [-0.25, -0.2) is 4.98 Å². The summed E-state index contributed by atoms with van der Waals surface area (Å²) >= 11 is 0. The van der Waals surface area contributed by atoms with Gasteiger partial charge in [0, 0.05) is 57.1 Å². The summed E-state index contributed by atoms with van der Waals surface area (Å²) in [5.41, 5.74) is 0.649. The van der Waals surface area contributed by atoms with Crippen LogP contribution in [0.2, 0.25) is 0 Å². The molecule has 1 heterocycles. The van der Waals surface area contributed by atoms with Gasteiger partial charge in [-0.05, 0) is 26.2 Å². The van der Waals surface area contributed by atoms with Crippen LogP contribution in [0.25, 0.3) is 0 Å². The molecule has 0 spiro atoms. The SMILES string of the molecule is CC(=O)C[C@@H](CCC(=O)NCCOCCOCC(=O)NCCOCCOCC(=O)CCCCC[C@H](CC(=O)Cc1cnc[nH]1)C(=O)O)C(=O)O. The topological polar surface area (TPSA) is 250 Å². The number of hydrogen-bond donors (Lipinski definition) is 5. The number of H-pyrrole nitrogens is 1. The quantitative estimate of drug-likeness (QED) is 0.0635. The van der Waals surface area contributed by atoms with E-state index in [4.69, 9.17) is 24.1 Å². The van der Waals surface area contributed by atoms with Crippen molar-refractivity contribution in [2.24, 2.45) is 11.8 Å². The average molecular weight is 713 g/mol. The molecule has 2 amide bonds. The van der Waals surface area contributed by atoms with Crippen LogP contribution in [0.4, 0.5) is 0 Å². The molecule has 0 aliphatic carbocycles. The molecule has 50 heavy (non-hydrogen) atoms. The highest BCUT2D eigenvalue weighted by atomic mass is 16.5. The van der Waals surface area contributed by atoms with Crippen molar-refractivity contribution in [3.05, 3.63) is 18.2 Å². The van der Waals surface area contributed by atoms with E-state index in [-0.39, 0.29) is 127 Å². The smallest absolute Gasteiger partial charge is 0.306 e. The van der Waals surface area contributed by atoms with Crippen molar-refractivity contribution in [2.45, 2.75) is 71.1 Å². The van der Waals surface area contributed by atoms with E-state index in [0.29, 0.717) is 37.8 Å². The summed E-state index contributed by atoms with van der Waals surface area (Å²) in [5.74, 6) is -4.86. The fraction of sp³-hybridized carbons (Fsp3) is 0.697. The van der Waals surface area contributed by atoms with Crippen LogP contribution in [-0.2, 0) is 58.9 Å². The first kappa shape index (κ1) is 44.0. The summed E-state index contributed by atoms with van der Waals surface area (Å²) < 4.78 is 21.2. The predicted octanol–water partition coefficient (Wildman–Crippen LogP) is 0.891. The lowest BCUT2D eigenvalue weighted by atomic mass is 9.94. The third-order valence-corrected chi connectivity index (χ3v) is 7.25. The molecule has 1 aromatic rings. The van der Waals surface area contributed by atoms with Gasteiger partial charge in [0.05, 0.1) is 57.8 Å². The van der Waals surface area contributed by atoms with Gasteiger partial charge in [-0.3, -0.25) is 28.8 Å². The third kappa shape index (κ3) is 24.1. The van der Waals surface area contributed by atoms with Crippen molar-refractivity contribution >= 4 is 41.1 Å². The van der Waals surface area contributed by atoms with Crippen molar-refractivity contribution in [3.63, 3.8) is 0 Å². The van der Waals surface area contributed by atoms with Gasteiger partial charge in [0.2, 0.25) is 11.8 Å². The second-order valence-electron chi connectivity index (χ2n) is 11.7. The Kier molecular flexibility index (Phi) is 24.4. The lowest BCUT2D eigenvalue weighted by Gasteiger charge is -2.11. The summed E-state index contributed by atoms with van der Waals surface area (Å²) in [6, 6.07) is 0. The zero-order valence-corrected chi connectivity index (χ0v) is 28.8. The van der Waals surface area contributed by atoms with Gasteiger partial charge < -0.3 is 49.6 Å². The number of carboxylic acid groups (broad SMARTS) is 2. The molecular weight excluding hydrogens is 660 g/mol. The monoisotopic (exact) mass is 712 g/mol. The van der Waals surface area contributed by atoms with E-state index < -0.39 is 23.8 Å². The second kappa shape index (κ2) is 27.7. The van der Waals surface area contributed by atoms with Gasteiger partial charge in [0.1, 0.15) is 24.8 Å². The van der Waals surface area contributed by atoms with Crippen LogP contribution in [0.1, 0.15) is 70.4 Å². The average Bonchev–Trinajstić information content (AvgIpc) is 3.57. The number of hydrogen-bond acceptors (Lipinski definition) is 12. The maximum absolute atomic E-state index is 12.1. The number of carbonyl (C=O) groups is 7. The van der Waals surface area contributed by atoms with Gasteiger partial charge in [-0.1, -0.05) is 12.8 Å². The van der Waals surface area contributed by atoms with Crippen LogP contribution in [0.5, 0.6) is 0 Å². The summed E-state index contributed by atoms with van der Waals surface area (Å²) in [5, 5.41) is 23.8. The number of nitrogens with one attached hydrogen (secondary N) is 3. The molecular formula is C33H52N4O13. The van der Waals surface area contributed by atoms with Crippen LogP contribution in [0, 0.1) is 11.8 Å². The molecule has 0 aliphatic heterocycles. The summed E-state index contributed by atoms with van der Waals surface area (Å²) in [7, 11) is 0. The van der Waals surface area contributed by atoms with Gasteiger partial charge in [-0.15, -0.1) is 0 Å². The van der Waals surface area contributed by atoms with Crippen molar-refractivity contribution in [2.75, 3.05) is 65.9 Å². The van der Waals surface area contributed by atoms with Gasteiger partial charge in [0.15, 0.2) is 5.78 Å². The third-order valence-electron chi connectivity index (χ3n) is 7.25. The Bertz CT molecular complexity index is 1180. The number of ketones is 3. The molecule has 0 radical (unpaired) electrons. The van der Waals surface area contributed by atoms with Gasteiger partial charge in [-0.2, -0.15) is 0 Å². The number of Topliss-reactive ketones (excluding diaryl/α,β-unsaturated/α-hetero) is 3. The number of rotatable bonds is 33. The van der Waals surface area contributed by atoms with Gasteiger partial charge >= 0.3 is 11.9 Å². The molecule has 0 aliphatic rings. The lowest BCUT2D eigenvalue weighted by Crippen LogP contribution is -2.31. The normalized spacial score (nSPS) is 12.2. The number of aliphatic carboxylic acids is 2. The number of amides is 2. The van der Waals surface area contributed by atoms with Crippen LogP contribution in [-0.4, -0.2) is 127 Å². The summed E-state index contributed by atoms with van der Waals surface area (Å²) in [6.07, 6.45) is 5.61. The van der Waals surface area contributed by atoms with Crippen molar-refractivity contribution in [3.8, 4) is 0 Å². The molecule has 0 saturated carbocycles. The number of ether oxygens (including phenoxy) is 4. The van der Waals surface area contributed by atoms with E-state index in [2.05, 4.69) is 20.6 Å². The second-order valence-corrected chi connectivity index (χ2v) is 11.7. The number of imidazole rings is 1.